The van der Waals surface area contributed by atoms with Gasteiger partial charge in [0.15, 0.2) is 0 Å². The summed E-state index contributed by atoms with van der Waals surface area (Å²) in [6.07, 6.45) is 1.79. The summed E-state index contributed by atoms with van der Waals surface area (Å²) in [6.45, 7) is 0.628. The van der Waals surface area contributed by atoms with Crippen LogP contribution in [0.5, 0.6) is 5.75 Å². The van der Waals surface area contributed by atoms with E-state index in [-0.39, 0.29) is 5.75 Å². The van der Waals surface area contributed by atoms with Gasteiger partial charge in [0.05, 0.1) is 16.9 Å². The fraction of sp³-hybridized carbons (Fsp3) is 0.214. The first kappa shape index (κ1) is 13.5. The summed E-state index contributed by atoms with van der Waals surface area (Å²) in [7, 11) is 3.90. The standard InChI is InChI=1S/C14H16ClN3O/c1-18(2)14-6-4-11(9-17-14)16-8-10-3-5-13(19)12(15)7-10/h3-7,9,16,19H,8H2,1-2H3. The zero-order valence-corrected chi connectivity index (χ0v) is 11.6. The van der Waals surface area contributed by atoms with E-state index < -0.39 is 0 Å². The summed E-state index contributed by atoms with van der Waals surface area (Å²) >= 11 is 5.86. The molecule has 1 aromatic carbocycles. The minimum Gasteiger partial charge on any atom is -0.506 e. The van der Waals surface area contributed by atoms with Gasteiger partial charge in [-0.2, -0.15) is 0 Å². The number of rotatable bonds is 4. The molecule has 0 aliphatic carbocycles. The number of benzene rings is 1. The van der Waals surface area contributed by atoms with Crippen LogP contribution in [0.1, 0.15) is 5.56 Å². The zero-order valence-electron chi connectivity index (χ0n) is 10.9. The van der Waals surface area contributed by atoms with Crippen molar-refractivity contribution in [2.75, 3.05) is 24.3 Å². The molecule has 0 saturated carbocycles. The van der Waals surface area contributed by atoms with Crippen molar-refractivity contribution in [1.82, 2.24) is 4.98 Å². The van der Waals surface area contributed by atoms with Gasteiger partial charge in [0, 0.05) is 20.6 Å². The zero-order chi connectivity index (χ0) is 13.8. The first-order chi connectivity index (χ1) is 9.06. The number of nitrogens with zero attached hydrogens (tertiary/aromatic N) is 2. The lowest BCUT2D eigenvalue weighted by molar-refractivity contribution is 0.475. The largest absolute Gasteiger partial charge is 0.506 e. The lowest BCUT2D eigenvalue weighted by atomic mass is 10.2. The number of hydrogen-bond donors (Lipinski definition) is 2. The molecule has 19 heavy (non-hydrogen) atoms. The second kappa shape index (κ2) is 5.80. The van der Waals surface area contributed by atoms with Gasteiger partial charge in [0.2, 0.25) is 0 Å². The molecule has 2 rings (SSSR count). The van der Waals surface area contributed by atoms with E-state index >= 15 is 0 Å². The normalized spacial score (nSPS) is 10.3. The topological polar surface area (TPSA) is 48.4 Å². The van der Waals surface area contributed by atoms with Crippen molar-refractivity contribution >= 4 is 23.1 Å². The van der Waals surface area contributed by atoms with Crippen molar-refractivity contribution in [1.29, 1.82) is 0 Å². The lowest BCUT2D eigenvalue weighted by Gasteiger charge is -2.12. The quantitative estimate of drug-likeness (QED) is 0.901. The molecule has 0 saturated heterocycles. The molecular formula is C14H16ClN3O. The number of aromatic hydroxyl groups is 1. The van der Waals surface area contributed by atoms with Crippen LogP contribution in [0.25, 0.3) is 0 Å². The predicted molar refractivity (Wildman–Crippen MR) is 79.0 cm³/mol. The Morgan fingerprint density at radius 2 is 2.05 bits per heavy atom. The van der Waals surface area contributed by atoms with Crippen LogP contribution in [0.2, 0.25) is 5.02 Å². The fourth-order valence-corrected chi connectivity index (χ4v) is 1.82. The van der Waals surface area contributed by atoms with Crippen LogP contribution < -0.4 is 10.2 Å². The van der Waals surface area contributed by atoms with Gasteiger partial charge in [-0.1, -0.05) is 17.7 Å². The third-order valence-corrected chi connectivity index (χ3v) is 3.02. The summed E-state index contributed by atoms with van der Waals surface area (Å²) in [5, 5.41) is 13.0. The predicted octanol–water partition coefficient (Wildman–Crippen LogP) is 3.12. The Bertz CT molecular complexity index is 555. The van der Waals surface area contributed by atoms with Crippen molar-refractivity contribution in [2.24, 2.45) is 0 Å². The van der Waals surface area contributed by atoms with Crippen LogP contribution in [0.3, 0.4) is 0 Å². The minimum absolute atomic E-state index is 0.0995. The molecule has 2 aromatic rings. The molecular weight excluding hydrogens is 262 g/mol. The number of halogens is 1. The Kier molecular flexibility index (Phi) is 4.12. The molecule has 4 nitrogen and oxygen atoms in total. The third-order valence-electron chi connectivity index (χ3n) is 2.71. The van der Waals surface area contributed by atoms with E-state index in [4.69, 9.17) is 11.6 Å². The van der Waals surface area contributed by atoms with E-state index in [1.165, 1.54) is 0 Å². The van der Waals surface area contributed by atoms with E-state index in [9.17, 15) is 5.11 Å². The molecule has 0 spiro atoms. The van der Waals surface area contributed by atoms with Crippen LogP contribution in [0.15, 0.2) is 36.5 Å². The Morgan fingerprint density at radius 3 is 2.63 bits per heavy atom. The second-order valence-corrected chi connectivity index (χ2v) is 4.85. The van der Waals surface area contributed by atoms with Crippen LogP contribution in [0.4, 0.5) is 11.5 Å². The number of hydrogen-bond acceptors (Lipinski definition) is 4. The molecule has 0 aliphatic heterocycles. The number of aromatic nitrogens is 1. The molecule has 0 radical (unpaired) electrons. The summed E-state index contributed by atoms with van der Waals surface area (Å²) in [4.78, 5) is 6.27. The number of pyridine rings is 1. The van der Waals surface area contributed by atoms with Gasteiger partial charge in [0.1, 0.15) is 11.6 Å². The molecule has 100 valence electrons. The minimum atomic E-state index is 0.0995. The number of nitrogens with one attached hydrogen (secondary N) is 1. The molecule has 0 bridgehead atoms. The van der Waals surface area contributed by atoms with Gasteiger partial charge < -0.3 is 15.3 Å². The van der Waals surface area contributed by atoms with Crippen LogP contribution in [-0.2, 0) is 6.54 Å². The van der Waals surface area contributed by atoms with Gasteiger partial charge in [-0.3, -0.25) is 0 Å². The highest BCUT2D eigenvalue weighted by molar-refractivity contribution is 6.32. The Labute approximate surface area is 117 Å². The van der Waals surface area contributed by atoms with E-state index in [1.807, 2.05) is 37.2 Å². The van der Waals surface area contributed by atoms with Gasteiger partial charge >= 0.3 is 0 Å². The van der Waals surface area contributed by atoms with E-state index in [1.54, 1.807) is 18.3 Å². The molecule has 0 amide bonds. The molecule has 2 N–H and O–H groups in total. The molecule has 0 unspecified atom stereocenters. The smallest absolute Gasteiger partial charge is 0.134 e. The molecule has 0 fully saturated rings. The monoisotopic (exact) mass is 277 g/mol. The summed E-state index contributed by atoms with van der Waals surface area (Å²) in [5.41, 5.74) is 1.94. The van der Waals surface area contributed by atoms with E-state index in [0.29, 0.717) is 11.6 Å². The summed E-state index contributed by atoms with van der Waals surface area (Å²) in [5.74, 6) is 1.01. The number of phenolic OH excluding ortho intramolecular Hbond substituents is 1. The van der Waals surface area contributed by atoms with Gasteiger partial charge in [-0.15, -0.1) is 0 Å². The molecule has 1 aromatic heterocycles. The lowest BCUT2D eigenvalue weighted by Crippen LogP contribution is -2.10. The highest BCUT2D eigenvalue weighted by atomic mass is 35.5. The van der Waals surface area contributed by atoms with Crippen LogP contribution in [-0.4, -0.2) is 24.2 Å². The number of anilines is 2. The van der Waals surface area contributed by atoms with Crippen LogP contribution in [0, 0.1) is 0 Å². The van der Waals surface area contributed by atoms with Crippen molar-refractivity contribution in [2.45, 2.75) is 6.54 Å². The SMILES string of the molecule is CN(C)c1ccc(NCc2ccc(O)c(Cl)c2)cn1. The molecule has 0 aliphatic rings. The van der Waals surface area contributed by atoms with Gasteiger partial charge in [0.25, 0.3) is 0 Å². The first-order valence-corrected chi connectivity index (χ1v) is 6.28. The van der Waals surface area contributed by atoms with Crippen molar-refractivity contribution in [3.05, 3.63) is 47.1 Å². The average Bonchev–Trinajstić information content (AvgIpc) is 2.40. The van der Waals surface area contributed by atoms with Crippen molar-refractivity contribution in [3.63, 3.8) is 0 Å². The third kappa shape index (κ3) is 3.51. The Morgan fingerprint density at radius 1 is 1.26 bits per heavy atom. The van der Waals surface area contributed by atoms with Gasteiger partial charge in [-0.25, -0.2) is 4.98 Å². The van der Waals surface area contributed by atoms with Crippen molar-refractivity contribution in [3.8, 4) is 5.75 Å². The summed E-state index contributed by atoms with van der Waals surface area (Å²) in [6, 6.07) is 9.09. The number of phenols is 1. The Hall–Kier alpha value is -1.94. The second-order valence-electron chi connectivity index (χ2n) is 4.44. The molecule has 1 heterocycles. The summed E-state index contributed by atoms with van der Waals surface area (Å²) < 4.78 is 0. The average molecular weight is 278 g/mol. The van der Waals surface area contributed by atoms with Gasteiger partial charge in [-0.05, 0) is 29.8 Å². The maximum absolute atomic E-state index is 9.34. The maximum atomic E-state index is 9.34. The van der Waals surface area contributed by atoms with E-state index in [2.05, 4.69) is 10.3 Å². The highest BCUT2D eigenvalue weighted by Crippen LogP contribution is 2.24. The Balaban J connectivity index is 2.00. The molecule has 0 atom stereocenters. The highest BCUT2D eigenvalue weighted by Gasteiger charge is 2.01. The van der Waals surface area contributed by atoms with Crippen molar-refractivity contribution < 1.29 is 5.11 Å². The molecule has 5 heteroatoms. The van der Waals surface area contributed by atoms with Crippen LogP contribution >= 0.6 is 11.6 Å². The maximum Gasteiger partial charge on any atom is 0.134 e. The van der Waals surface area contributed by atoms with E-state index in [0.717, 1.165) is 17.1 Å². The first-order valence-electron chi connectivity index (χ1n) is 5.91. The fourth-order valence-electron chi connectivity index (χ4n) is 1.62.